The minimum atomic E-state index is 0.144. The molecule has 3 rings (SSSR count). The highest BCUT2D eigenvalue weighted by Gasteiger charge is 2.21. The summed E-state index contributed by atoms with van der Waals surface area (Å²) in [7, 11) is 0. The molecule has 0 bridgehead atoms. The summed E-state index contributed by atoms with van der Waals surface area (Å²) in [5, 5.41) is 2.90. The van der Waals surface area contributed by atoms with Crippen LogP contribution in [0.2, 0.25) is 0 Å². The topological polar surface area (TPSA) is 68.5 Å². The Bertz CT molecular complexity index is 676. The molecule has 0 unspecified atom stereocenters. The molecule has 128 valence electrons. The first-order valence-electron chi connectivity index (χ1n) is 8.36. The lowest BCUT2D eigenvalue weighted by atomic mass is 10.1. The molecule has 2 heterocycles. The van der Waals surface area contributed by atoms with Crippen molar-refractivity contribution in [2.45, 2.75) is 32.2 Å². The Hall–Kier alpha value is -1.92. The molecule has 1 aromatic carbocycles. The van der Waals surface area contributed by atoms with Crippen LogP contribution in [0.15, 0.2) is 29.6 Å². The fourth-order valence-electron chi connectivity index (χ4n) is 2.80. The predicted octanol–water partition coefficient (Wildman–Crippen LogP) is 2.70. The second kappa shape index (κ2) is 7.77. The van der Waals surface area contributed by atoms with Crippen LogP contribution in [0.1, 0.15) is 25.5 Å². The van der Waals surface area contributed by atoms with E-state index in [9.17, 15) is 4.79 Å². The SMILES string of the molecule is CCOc1ccc(-c2nc(CC(=O)N3CCC(N)CC3)cs2)cc1. The van der Waals surface area contributed by atoms with Gasteiger partial charge in [0, 0.05) is 30.1 Å². The standard InChI is InChI=1S/C18H23N3O2S/c1-2-23-16-5-3-13(4-6-16)18-20-15(12-24-18)11-17(22)21-9-7-14(19)8-10-21/h3-6,12,14H,2,7-11,19H2,1H3. The highest BCUT2D eigenvalue weighted by atomic mass is 32.1. The number of hydrogen-bond acceptors (Lipinski definition) is 5. The number of nitrogens with two attached hydrogens (primary N) is 1. The van der Waals surface area contributed by atoms with E-state index in [-0.39, 0.29) is 11.9 Å². The van der Waals surface area contributed by atoms with Crippen molar-refractivity contribution in [3.8, 4) is 16.3 Å². The van der Waals surface area contributed by atoms with Crippen LogP contribution < -0.4 is 10.5 Å². The number of ether oxygens (including phenoxy) is 1. The zero-order valence-electron chi connectivity index (χ0n) is 13.9. The van der Waals surface area contributed by atoms with E-state index in [2.05, 4.69) is 4.98 Å². The number of rotatable bonds is 5. The summed E-state index contributed by atoms with van der Waals surface area (Å²) in [5.74, 6) is 1.00. The Morgan fingerprint density at radius 1 is 1.33 bits per heavy atom. The van der Waals surface area contributed by atoms with Gasteiger partial charge in [-0.2, -0.15) is 0 Å². The molecule has 1 aromatic heterocycles. The van der Waals surface area contributed by atoms with Crippen LogP contribution in [0.25, 0.3) is 10.6 Å². The van der Waals surface area contributed by atoms with Crippen molar-refractivity contribution in [2.24, 2.45) is 5.73 Å². The molecule has 1 saturated heterocycles. The van der Waals surface area contributed by atoms with Crippen molar-refractivity contribution in [3.05, 3.63) is 35.3 Å². The van der Waals surface area contributed by atoms with Crippen molar-refractivity contribution in [1.82, 2.24) is 9.88 Å². The second-order valence-corrected chi connectivity index (χ2v) is 6.85. The number of carbonyl (C=O) groups excluding carboxylic acids is 1. The lowest BCUT2D eigenvalue weighted by Crippen LogP contribution is -2.43. The molecular weight excluding hydrogens is 322 g/mol. The Morgan fingerprint density at radius 3 is 2.71 bits per heavy atom. The molecule has 1 fully saturated rings. The first-order valence-corrected chi connectivity index (χ1v) is 9.24. The van der Waals surface area contributed by atoms with Gasteiger partial charge in [0.1, 0.15) is 10.8 Å². The fourth-order valence-corrected chi connectivity index (χ4v) is 3.62. The third-order valence-corrected chi connectivity index (χ3v) is 5.13. The zero-order chi connectivity index (χ0) is 16.9. The van der Waals surface area contributed by atoms with E-state index in [1.54, 1.807) is 11.3 Å². The van der Waals surface area contributed by atoms with Gasteiger partial charge in [0.25, 0.3) is 0 Å². The average Bonchev–Trinajstić information content (AvgIpc) is 3.05. The molecule has 24 heavy (non-hydrogen) atoms. The third-order valence-electron chi connectivity index (χ3n) is 4.19. The number of thiazole rings is 1. The van der Waals surface area contributed by atoms with E-state index in [0.29, 0.717) is 13.0 Å². The van der Waals surface area contributed by atoms with Crippen molar-refractivity contribution >= 4 is 17.2 Å². The molecule has 5 nitrogen and oxygen atoms in total. The summed E-state index contributed by atoms with van der Waals surface area (Å²) in [5.41, 5.74) is 7.77. The van der Waals surface area contributed by atoms with Gasteiger partial charge in [-0.3, -0.25) is 4.79 Å². The van der Waals surface area contributed by atoms with Gasteiger partial charge in [-0.1, -0.05) is 0 Å². The van der Waals surface area contributed by atoms with Crippen LogP contribution in [0.4, 0.5) is 0 Å². The first kappa shape index (κ1) is 16.9. The van der Waals surface area contributed by atoms with E-state index in [0.717, 1.165) is 47.9 Å². The van der Waals surface area contributed by atoms with E-state index in [1.165, 1.54) is 0 Å². The fraction of sp³-hybridized carbons (Fsp3) is 0.444. The Labute approximate surface area is 146 Å². The summed E-state index contributed by atoms with van der Waals surface area (Å²) in [6.07, 6.45) is 2.14. The third kappa shape index (κ3) is 4.13. The van der Waals surface area contributed by atoms with Crippen LogP contribution >= 0.6 is 11.3 Å². The number of aromatic nitrogens is 1. The Kier molecular flexibility index (Phi) is 5.48. The largest absolute Gasteiger partial charge is 0.494 e. The Balaban J connectivity index is 1.61. The van der Waals surface area contributed by atoms with Crippen LogP contribution in [0.3, 0.4) is 0 Å². The molecule has 6 heteroatoms. The zero-order valence-corrected chi connectivity index (χ0v) is 14.7. The number of amides is 1. The average molecular weight is 345 g/mol. The number of benzene rings is 1. The summed E-state index contributed by atoms with van der Waals surface area (Å²) >= 11 is 1.57. The molecule has 1 aliphatic rings. The van der Waals surface area contributed by atoms with Gasteiger partial charge in [0.2, 0.25) is 5.91 Å². The lowest BCUT2D eigenvalue weighted by molar-refractivity contribution is -0.131. The molecule has 2 N–H and O–H groups in total. The van der Waals surface area contributed by atoms with Crippen molar-refractivity contribution in [2.75, 3.05) is 19.7 Å². The number of hydrogen-bond donors (Lipinski definition) is 1. The van der Waals surface area contributed by atoms with E-state index in [4.69, 9.17) is 10.5 Å². The maximum absolute atomic E-state index is 12.4. The normalized spacial score (nSPS) is 15.5. The van der Waals surface area contributed by atoms with E-state index >= 15 is 0 Å². The minimum Gasteiger partial charge on any atom is -0.494 e. The second-order valence-electron chi connectivity index (χ2n) is 6.00. The van der Waals surface area contributed by atoms with Crippen LogP contribution in [-0.2, 0) is 11.2 Å². The summed E-state index contributed by atoms with van der Waals surface area (Å²) in [4.78, 5) is 18.9. The van der Waals surface area contributed by atoms with E-state index < -0.39 is 0 Å². The maximum atomic E-state index is 12.4. The number of likely N-dealkylation sites (tertiary alicyclic amines) is 1. The Morgan fingerprint density at radius 2 is 2.04 bits per heavy atom. The summed E-state index contributed by atoms with van der Waals surface area (Å²) in [6, 6.07) is 8.13. The van der Waals surface area contributed by atoms with Crippen molar-refractivity contribution < 1.29 is 9.53 Å². The van der Waals surface area contributed by atoms with Crippen LogP contribution in [0, 0.1) is 0 Å². The number of nitrogens with zero attached hydrogens (tertiary/aromatic N) is 2. The van der Waals surface area contributed by atoms with Gasteiger partial charge in [-0.25, -0.2) is 4.98 Å². The van der Waals surface area contributed by atoms with Gasteiger partial charge in [0.15, 0.2) is 0 Å². The molecule has 0 saturated carbocycles. The maximum Gasteiger partial charge on any atom is 0.228 e. The first-order chi connectivity index (χ1) is 11.7. The van der Waals surface area contributed by atoms with Gasteiger partial charge >= 0.3 is 0 Å². The smallest absolute Gasteiger partial charge is 0.228 e. The van der Waals surface area contributed by atoms with Crippen molar-refractivity contribution in [3.63, 3.8) is 0 Å². The predicted molar refractivity (Wildman–Crippen MR) is 96.2 cm³/mol. The number of piperidine rings is 1. The molecule has 0 spiro atoms. The molecule has 1 aliphatic heterocycles. The minimum absolute atomic E-state index is 0.144. The molecule has 0 radical (unpaired) electrons. The molecule has 0 atom stereocenters. The lowest BCUT2D eigenvalue weighted by Gasteiger charge is -2.30. The molecular formula is C18H23N3O2S. The van der Waals surface area contributed by atoms with Gasteiger partial charge in [-0.15, -0.1) is 11.3 Å². The van der Waals surface area contributed by atoms with Gasteiger partial charge in [0.05, 0.1) is 18.7 Å². The molecule has 2 aromatic rings. The highest BCUT2D eigenvalue weighted by Crippen LogP contribution is 2.26. The van der Waals surface area contributed by atoms with Crippen molar-refractivity contribution in [1.29, 1.82) is 0 Å². The van der Waals surface area contributed by atoms with Crippen LogP contribution in [0.5, 0.6) is 5.75 Å². The monoisotopic (exact) mass is 345 g/mol. The molecule has 1 amide bonds. The van der Waals surface area contributed by atoms with Gasteiger partial charge < -0.3 is 15.4 Å². The molecule has 0 aliphatic carbocycles. The quantitative estimate of drug-likeness (QED) is 0.905. The van der Waals surface area contributed by atoms with Crippen LogP contribution in [-0.4, -0.2) is 41.5 Å². The number of carbonyl (C=O) groups is 1. The van der Waals surface area contributed by atoms with Gasteiger partial charge in [-0.05, 0) is 44.0 Å². The summed E-state index contributed by atoms with van der Waals surface area (Å²) in [6.45, 7) is 4.14. The summed E-state index contributed by atoms with van der Waals surface area (Å²) < 4.78 is 5.45. The highest BCUT2D eigenvalue weighted by molar-refractivity contribution is 7.13. The van der Waals surface area contributed by atoms with E-state index in [1.807, 2.05) is 41.5 Å².